The van der Waals surface area contributed by atoms with Gasteiger partial charge in [0.1, 0.15) is 5.75 Å². The lowest BCUT2D eigenvalue weighted by atomic mass is 9.77. The fraction of sp³-hybridized carbons (Fsp3) is 0.400. The van der Waals surface area contributed by atoms with Crippen molar-refractivity contribution in [1.82, 2.24) is 0 Å². The van der Waals surface area contributed by atoms with Crippen LogP contribution in [0.15, 0.2) is 103 Å². The van der Waals surface area contributed by atoms with Gasteiger partial charge >= 0.3 is 7.60 Å². The number of hydrogen-bond donors (Lipinski definition) is 1. The lowest BCUT2D eigenvalue weighted by Crippen LogP contribution is -2.22. The summed E-state index contributed by atoms with van der Waals surface area (Å²) in [7, 11) is -4.14. The van der Waals surface area contributed by atoms with Crippen LogP contribution in [0.3, 0.4) is 0 Å². The van der Waals surface area contributed by atoms with Gasteiger partial charge in [-0.1, -0.05) is 164 Å². The van der Waals surface area contributed by atoms with Gasteiger partial charge in [-0.2, -0.15) is 0 Å². The van der Waals surface area contributed by atoms with E-state index in [1.807, 2.05) is 60.7 Å². The van der Waals surface area contributed by atoms with Crippen molar-refractivity contribution < 1.29 is 14.0 Å². The summed E-state index contributed by atoms with van der Waals surface area (Å²) in [5.74, 6) is 0.398. The van der Waals surface area contributed by atoms with Gasteiger partial charge < -0.3 is 9.42 Å². The third-order valence-electron chi connectivity index (χ3n) is 9.20. The molecule has 1 atom stereocenters. The van der Waals surface area contributed by atoms with E-state index in [0.717, 1.165) is 36.0 Å². The first-order valence-corrected chi connectivity index (χ1v) is 18.0. The van der Waals surface area contributed by atoms with E-state index in [0.29, 0.717) is 11.1 Å². The highest BCUT2D eigenvalue weighted by Crippen LogP contribution is 2.44. The molecule has 1 unspecified atom stereocenters. The van der Waals surface area contributed by atoms with Crippen LogP contribution in [0.1, 0.15) is 114 Å². The Morgan fingerprint density at radius 2 is 1.05 bits per heavy atom. The third kappa shape index (κ3) is 8.52. The van der Waals surface area contributed by atoms with E-state index in [1.165, 1.54) is 49.7 Å². The summed E-state index contributed by atoms with van der Waals surface area (Å²) in [6.07, 6.45) is 10.5. The van der Waals surface area contributed by atoms with E-state index < -0.39 is 7.60 Å². The molecule has 0 radical (unpaired) electrons. The Hall–Kier alpha value is -3.13. The second-order valence-corrected chi connectivity index (χ2v) is 14.9. The standard InChI is InChI=1S/C40H51O3P/c1-6-7-8-9-10-11-12-15-20-32-31-36(40(4,5)34-23-18-14-19-24-34)27-30-38(32)44(41,42)43-37-28-25-35(26-29-37)39(2,3)33-21-16-13-17-22-33/h13-14,16-19,21-31H,6-12,15,20H2,1-5H3,(H,41,42). The molecule has 0 aromatic heterocycles. The molecule has 0 bridgehead atoms. The van der Waals surface area contributed by atoms with Gasteiger partial charge in [0.2, 0.25) is 0 Å². The minimum Gasteiger partial charge on any atom is -0.421 e. The molecule has 234 valence electrons. The number of unbranched alkanes of at least 4 members (excludes halogenated alkanes) is 7. The normalized spacial score (nSPS) is 13.4. The first kappa shape index (κ1) is 33.8. The first-order valence-electron chi connectivity index (χ1n) is 16.4. The smallest absolute Gasteiger partial charge is 0.408 e. The highest BCUT2D eigenvalue weighted by atomic mass is 31.2. The fourth-order valence-electron chi connectivity index (χ4n) is 6.07. The van der Waals surface area contributed by atoms with Gasteiger partial charge in [0.25, 0.3) is 0 Å². The van der Waals surface area contributed by atoms with Crippen LogP contribution in [-0.2, 0) is 21.8 Å². The predicted molar refractivity (Wildman–Crippen MR) is 186 cm³/mol. The van der Waals surface area contributed by atoms with Gasteiger partial charge in [0.05, 0.1) is 5.30 Å². The van der Waals surface area contributed by atoms with Crippen molar-refractivity contribution in [3.8, 4) is 5.75 Å². The molecular weight excluding hydrogens is 559 g/mol. The fourth-order valence-corrected chi connectivity index (χ4v) is 7.38. The van der Waals surface area contributed by atoms with Crippen molar-refractivity contribution in [3.05, 3.63) is 131 Å². The van der Waals surface area contributed by atoms with Crippen LogP contribution in [0.5, 0.6) is 5.75 Å². The van der Waals surface area contributed by atoms with E-state index in [9.17, 15) is 9.46 Å². The molecule has 4 heteroatoms. The summed E-state index contributed by atoms with van der Waals surface area (Å²) >= 11 is 0. The van der Waals surface area contributed by atoms with Crippen LogP contribution < -0.4 is 9.83 Å². The Morgan fingerprint density at radius 1 is 0.591 bits per heavy atom. The Bertz CT molecular complexity index is 1490. The molecule has 0 aliphatic heterocycles. The summed E-state index contributed by atoms with van der Waals surface area (Å²) in [4.78, 5) is 11.4. The quantitative estimate of drug-likeness (QED) is 0.101. The Labute approximate surface area is 266 Å². The van der Waals surface area contributed by atoms with Crippen LogP contribution in [0.25, 0.3) is 0 Å². The largest absolute Gasteiger partial charge is 0.421 e. The van der Waals surface area contributed by atoms with Gasteiger partial charge in [0.15, 0.2) is 0 Å². The Morgan fingerprint density at radius 3 is 1.59 bits per heavy atom. The van der Waals surface area contributed by atoms with Crippen molar-refractivity contribution in [2.24, 2.45) is 0 Å². The van der Waals surface area contributed by atoms with Gasteiger partial charge in [-0.05, 0) is 58.9 Å². The third-order valence-corrected chi connectivity index (χ3v) is 10.7. The minimum absolute atomic E-state index is 0.201. The SMILES string of the molecule is CCCCCCCCCCc1cc(C(C)(C)c2ccccc2)ccc1P(=O)(O)Oc1ccc(C(C)(C)c2ccccc2)cc1. The number of rotatable bonds is 16. The zero-order valence-corrected chi connectivity index (χ0v) is 28.3. The number of benzene rings is 4. The van der Waals surface area contributed by atoms with Crippen molar-refractivity contribution >= 4 is 12.9 Å². The van der Waals surface area contributed by atoms with Gasteiger partial charge in [0, 0.05) is 10.8 Å². The topological polar surface area (TPSA) is 46.5 Å². The van der Waals surface area contributed by atoms with Gasteiger partial charge in [-0.15, -0.1) is 0 Å². The molecule has 0 saturated heterocycles. The average Bonchev–Trinajstić information content (AvgIpc) is 3.03. The lowest BCUT2D eigenvalue weighted by Gasteiger charge is -2.28. The maximum atomic E-state index is 13.9. The summed E-state index contributed by atoms with van der Waals surface area (Å²) in [5, 5.41) is 0.404. The van der Waals surface area contributed by atoms with Crippen molar-refractivity contribution in [2.45, 2.75) is 103 Å². The summed E-state index contributed by atoms with van der Waals surface area (Å²) in [6, 6.07) is 34.4. The van der Waals surface area contributed by atoms with Gasteiger partial charge in [-0.25, -0.2) is 4.57 Å². The number of aryl methyl sites for hydroxylation is 1. The molecule has 44 heavy (non-hydrogen) atoms. The molecule has 0 saturated carbocycles. The molecule has 4 aromatic carbocycles. The van der Waals surface area contributed by atoms with Crippen molar-refractivity contribution in [3.63, 3.8) is 0 Å². The van der Waals surface area contributed by atoms with E-state index in [1.54, 1.807) is 0 Å². The highest BCUT2D eigenvalue weighted by molar-refractivity contribution is 7.61. The molecule has 4 aromatic rings. The zero-order valence-electron chi connectivity index (χ0n) is 27.4. The minimum atomic E-state index is -4.14. The molecule has 3 nitrogen and oxygen atoms in total. The Kier molecular flexibility index (Phi) is 11.7. The molecular formula is C40H51O3P. The van der Waals surface area contributed by atoms with E-state index in [4.69, 9.17) is 4.52 Å². The molecule has 0 amide bonds. The maximum Gasteiger partial charge on any atom is 0.408 e. The van der Waals surface area contributed by atoms with Crippen LogP contribution in [0.2, 0.25) is 0 Å². The summed E-state index contributed by atoms with van der Waals surface area (Å²) in [5.41, 5.74) is 5.15. The van der Waals surface area contributed by atoms with Crippen molar-refractivity contribution in [2.75, 3.05) is 0 Å². The second kappa shape index (κ2) is 15.2. The van der Waals surface area contributed by atoms with Crippen LogP contribution in [0.4, 0.5) is 0 Å². The molecule has 0 heterocycles. The second-order valence-electron chi connectivity index (χ2n) is 13.2. The van der Waals surface area contributed by atoms with Crippen LogP contribution in [-0.4, -0.2) is 4.89 Å². The number of hydrogen-bond acceptors (Lipinski definition) is 2. The van der Waals surface area contributed by atoms with Crippen LogP contribution >= 0.6 is 7.60 Å². The summed E-state index contributed by atoms with van der Waals surface area (Å²) in [6.45, 7) is 11.0. The predicted octanol–water partition coefficient (Wildman–Crippen LogP) is 10.9. The Balaban J connectivity index is 1.55. The summed E-state index contributed by atoms with van der Waals surface area (Å²) < 4.78 is 19.8. The first-order chi connectivity index (χ1) is 21.1. The monoisotopic (exact) mass is 610 g/mol. The highest BCUT2D eigenvalue weighted by Gasteiger charge is 2.31. The zero-order chi connectivity index (χ0) is 31.6. The van der Waals surface area contributed by atoms with Gasteiger partial charge in [-0.3, -0.25) is 0 Å². The van der Waals surface area contributed by atoms with E-state index in [2.05, 4.69) is 77.1 Å². The molecule has 0 fully saturated rings. The molecule has 4 rings (SSSR count). The molecule has 0 aliphatic rings. The molecule has 0 aliphatic carbocycles. The molecule has 1 N–H and O–H groups in total. The van der Waals surface area contributed by atoms with E-state index >= 15 is 0 Å². The molecule has 0 spiro atoms. The van der Waals surface area contributed by atoms with Crippen LogP contribution in [0, 0.1) is 0 Å². The van der Waals surface area contributed by atoms with E-state index in [-0.39, 0.29) is 10.8 Å². The lowest BCUT2D eigenvalue weighted by molar-refractivity contribution is 0.393. The maximum absolute atomic E-state index is 13.9. The average molecular weight is 611 g/mol. The van der Waals surface area contributed by atoms with Crippen molar-refractivity contribution in [1.29, 1.82) is 0 Å².